The number of rotatable bonds is 9. The van der Waals surface area contributed by atoms with Crippen molar-refractivity contribution in [1.29, 1.82) is 0 Å². The standard InChI is InChI=1S/C12H12F4N6O2S4/c1-3-25-9-21-19-7(27-9)17-5(23)11(13,14)12(15,16)6(24)18-8-20-22-10(28-8)26-4-2/h3-4H2,1-2H3,(H,17,19,23)(H,18,20,24). The lowest BCUT2D eigenvalue weighted by Gasteiger charge is -2.23. The molecule has 0 fully saturated rings. The van der Waals surface area contributed by atoms with Gasteiger partial charge in [-0.05, 0) is 11.5 Å². The van der Waals surface area contributed by atoms with Crippen LogP contribution in [0.2, 0.25) is 0 Å². The molecule has 2 rings (SSSR count). The number of carbonyl (C=O) groups excluding carboxylic acids is 2. The number of amides is 2. The number of hydrogen-bond acceptors (Lipinski definition) is 10. The first kappa shape index (κ1) is 22.8. The molecule has 0 aliphatic rings. The lowest BCUT2D eigenvalue weighted by Crippen LogP contribution is -2.56. The van der Waals surface area contributed by atoms with Gasteiger partial charge >= 0.3 is 23.7 Å². The second kappa shape index (κ2) is 9.32. The molecule has 0 bridgehead atoms. The normalized spacial score (nSPS) is 12.1. The third-order valence-corrected chi connectivity index (χ3v) is 6.46. The minimum atomic E-state index is -5.34. The van der Waals surface area contributed by atoms with E-state index in [1.807, 2.05) is 0 Å². The maximum Gasteiger partial charge on any atom is 0.396 e. The van der Waals surface area contributed by atoms with Crippen LogP contribution in [0.1, 0.15) is 13.8 Å². The van der Waals surface area contributed by atoms with E-state index in [1.54, 1.807) is 24.5 Å². The van der Waals surface area contributed by atoms with E-state index in [-0.39, 0.29) is 10.3 Å². The number of hydrogen-bond donors (Lipinski definition) is 2. The second-order valence-electron chi connectivity index (χ2n) is 4.67. The SMILES string of the molecule is CCSc1nnc(NC(=O)C(F)(F)C(F)(F)C(=O)Nc2nnc(SCC)s2)s1. The van der Waals surface area contributed by atoms with Crippen LogP contribution in [-0.2, 0) is 9.59 Å². The Balaban J connectivity index is 2.08. The fourth-order valence-electron chi connectivity index (χ4n) is 1.52. The number of halogens is 4. The van der Waals surface area contributed by atoms with Crippen molar-refractivity contribution in [2.75, 3.05) is 22.1 Å². The lowest BCUT2D eigenvalue weighted by molar-refractivity contribution is -0.204. The van der Waals surface area contributed by atoms with E-state index in [4.69, 9.17) is 0 Å². The molecular formula is C12H12F4N6O2S4. The van der Waals surface area contributed by atoms with Gasteiger partial charge in [0.05, 0.1) is 0 Å². The van der Waals surface area contributed by atoms with Gasteiger partial charge in [-0.25, -0.2) is 0 Å². The van der Waals surface area contributed by atoms with Gasteiger partial charge in [0.25, 0.3) is 0 Å². The van der Waals surface area contributed by atoms with Gasteiger partial charge in [0.15, 0.2) is 8.68 Å². The summed E-state index contributed by atoms with van der Waals surface area (Å²) < 4.78 is 56.8. The molecule has 0 aliphatic carbocycles. The summed E-state index contributed by atoms with van der Waals surface area (Å²) in [6, 6.07) is 0. The number of thioether (sulfide) groups is 2. The third-order valence-electron chi connectivity index (χ3n) is 2.75. The van der Waals surface area contributed by atoms with Gasteiger partial charge in [0.1, 0.15) is 0 Å². The van der Waals surface area contributed by atoms with E-state index in [0.29, 0.717) is 20.2 Å². The average Bonchev–Trinajstić information content (AvgIpc) is 3.25. The maximum atomic E-state index is 14.0. The summed E-state index contributed by atoms with van der Waals surface area (Å²) in [6.07, 6.45) is 0. The summed E-state index contributed by atoms with van der Waals surface area (Å²) in [5.41, 5.74) is 0. The van der Waals surface area contributed by atoms with E-state index < -0.39 is 23.7 Å². The van der Waals surface area contributed by atoms with Crippen LogP contribution >= 0.6 is 46.2 Å². The first-order valence-electron chi connectivity index (χ1n) is 7.42. The zero-order valence-corrected chi connectivity index (χ0v) is 17.4. The molecule has 2 aromatic heterocycles. The summed E-state index contributed by atoms with van der Waals surface area (Å²) in [4.78, 5) is 23.4. The average molecular weight is 477 g/mol. The van der Waals surface area contributed by atoms with E-state index in [1.165, 1.54) is 23.5 Å². The maximum absolute atomic E-state index is 14.0. The molecule has 2 N–H and O–H groups in total. The van der Waals surface area contributed by atoms with Crippen molar-refractivity contribution in [3.05, 3.63) is 0 Å². The van der Waals surface area contributed by atoms with E-state index >= 15 is 0 Å². The van der Waals surface area contributed by atoms with Gasteiger partial charge in [0, 0.05) is 0 Å². The highest BCUT2D eigenvalue weighted by atomic mass is 32.2. The summed E-state index contributed by atoms with van der Waals surface area (Å²) in [5.74, 6) is -14.2. The Kier molecular flexibility index (Phi) is 7.58. The van der Waals surface area contributed by atoms with Crippen molar-refractivity contribution >= 4 is 68.3 Å². The molecule has 154 valence electrons. The fraction of sp³-hybridized carbons (Fsp3) is 0.500. The number of alkyl halides is 4. The molecule has 8 nitrogen and oxygen atoms in total. The van der Waals surface area contributed by atoms with Crippen LogP contribution in [0.25, 0.3) is 0 Å². The van der Waals surface area contributed by atoms with Crippen molar-refractivity contribution in [1.82, 2.24) is 20.4 Å². The van der Waals surface area contributed by atoms with Crippen LogP contribution in [0.15, 0.2) is 8.68 Å². The molecule has 0 aliphatic heterocycles. The Labute approximate surface area is 172 Å². The number of nitrogens with zero attached hydrogens (tertiary/aromatic N) is 4. The molecule has 2 heterocycles. The van der Waals surface area contributed by atoms with Gasteiger partial charge in [-0.15, -0.1) is 20.4 Å². The summed E-state index contributed by atoms with van der Waals surface area (Å²) in [5, 5.41) is 16.4. The molecule has 16 heteroatoms. The highest BCUT2D eigenvalue weighted by molar-refractivity contribution is 8.01. The quantitative estimate of drug-likeness (QED) is 0.322. The first-order chi connectivity index (χ1) is 13.1. The highest BCUT2D eigenvalue weighted by Crippen LogP contribution is 2.37. The van der Waals surface area contributed by atoms with E-state index in [0.717, 1.165) is 22.7 Å². The van der Waals surface area contributed by atoms with Crippen LogP contribution < -0.4 is 10.6 Å². The molecule has 28 heavy (non-hydrogen) atoms. The van der Waals surface area contributed by atoms with Gasteiger partial charge in [-0.2, -0.15) is 17.6 Å². The van der Waals surface area contributed by atoms with E-state index in [9.17, 15) is 27.2 Å². The Bertz CT molecular complexity index is 777. The third kappa shape index (κ3) is 5.09. The molecule has 0 saturated heterocycles. The second-order valence-corrected chi connectivity index (χ2v) is 9.65. The number of nitrogens with one attached hydrogen (secondary N) is 2. The van der Waals surface area contributed by atoms with Gasteiger partial charge < -0.3 is 0 Å². The van der Waals surface area contributed by atoms with Crippen LogP contribution in [0.3, 0.4) is 0 Å². The van der Waals surface area contributed by atoms with Crippen molar-refractivity contribution in [2.45, 2.75) is 34.4 Å². The molecule has 0 spiro atoms. The molecule has 0 radical (unpaired) electrons. The van der Waals surface area contributed by atoms with Crippen LogP contribution in [-0.4, -0.2) is 55.6 Å². The van der Waals surface area contributed by atoms with Gasteiger partial charge in [-0.1, -0.05) is 60.0 Å². The van der Waals surface area contributed by atoms with Gasteiger partial charge in [0.2, 0.25) is 10.3 Å². The Morgan fingerprint density at radius 2 is 1.18 bits per heavy atom. The zero-order valence-electron chi connectivity index (χ0n) is 14.2. The summed E-state index contributed by atoms with van der Waals surface area (Å²) in [7, 11) is 0. The lowest BCUT2D eigenvalue weighted by atomic mass is 10.1. The smallest absolute Gasteiger partial charge is 0.295 e. The molecule has 2 amide bonds. The predicted molar refractivity (Wildman–Crippen MR) is 99.8 cm³/mol. The number of carbonyl (C=O) groups is 2. The molecule has 0 aromatic carbocycles. The minimum absolute atomic E-state index is 0.364. The Morgan fingerprint density at radius 1 is 0.821 bits per heavy atom. The van der Waals surface area contributed by atoms with Gasteiger partial charge in [-0.3, -0.25) is 20.2 Å². The van der Waals surface area contributed by atoms with Crippen LogP contribution in [0.4, 0.5) is 27.8 Å². The largest absolute Gasteiger partial charge is 0.396 e. The molecule has 2 aromatic rings. The highest BCUT2D eigenvalue weighted by Gasteiger charge is 2.67. The van der Waals surface area contributed by atoms with Crippen LogP contribution in [0.5, 0.6) is 0 Å². The molecule has 0 saturated carbocycles. The Morgan fingerprint density at radius 3 is 1.50 bits per heavy atom. The monoisotopic (exact) mass is 476 g/mol. The molecule has 0 atom stereocenters. The molecular weight excluding hydrogens is 464 g/mol. The van der Waals surface area contributed by atoms with Crippen molar-refractivity contribution in [3.63, 3.8) is 0 Å². The zero-order chi connectivity index (χ0) is 20.9. The minimum Gasteiger partial charge on any atom is -0.295 e. The van der Waals surface area contributed by atoms with Crippen LogP contribution in [0, 0.1) is 0 Å². The van der Waals surface area contributed by atoms with Crippen molar-refractivity contribution in [2.24, 2.45) is 0 Å². The fourth-order valence-corrected chi connectivity index (χ4v) is 4.81. The van der Waals surface area contributed by atoms with E-state index in [2.05, 4.69) is 20.4 Å². The first-order valence-corrected chi connectivity index (χ1v) is 11.0. The number of aromatic nitrogens is 4. The number of anilines is 2. The Hall–Kier alpha value is -1.52. The molecule has 0 unspecified atom stereocenters. The predicted octanol–water partition coefficient (Wildman–Crippen LogP) is 3.46. The van der Waals surface area contributed by atoms with Crippen molar-refractivity contribution in [3.8, 4) is 0 Å². The summed E-state index contributed by atoms with van der Waals surface area (Å²) in [6.45, 7) is 3.61. The van der Waals surface area contributed by atoms with Crippen molar-refractivity contribution < 1.29 is 27.2 Å². The summed E-state index contributed by atoms with van der Waals surface area (Å²) >= 11 is 3.94. The topological polar surface area (TPSA) is 110 Å².